The predicted octanol–water partition coefficient (Wildman–Crippen LogP) is 4.83. The summed E-state index contributed by atoms with van der Waals surface area (Å²) in [6, 6.07) is 9.77. The second-order valence-electron chi connectivity index (χ2n) is 5.29. The van der Waals surface area contributed by atoms with E-state index in [0.717, 1.165) is 19.4 Å². The van der Waals surface area contributed by atoms with E-state index in [2.05, 4.69) is 27.7 Å². The molecule has 1 amide bonds. The lowest BCUT2D eigenvalue weighted by atomic mass is 10.2. The van der Waals surface area contributed by atoms with Crippen LogP contribution in [0, 0.1) is 0 Å². The van der Waals surface area contributed by atoms with E-state index in [1.807, 2.05) is 0 Å². The van der Waals surface area contributed by atoms with Gasteiger partial charge in [0.1, 0.15) is 0 Å². The first-order valence-corrected chi connectivity index (χ1v) is 8.80. The van der Waals surface area contributed by atoms with Crippen molar-refractivity contribution in [3.05, 3.63) is 50.6 Å². The second kappa shape index (κ2) is 7.01. The third-order valence-corrected chi connectivity index (χ3v) is 5.60. The predicted molar refractivity (Wildman–Crippen MR) is 93.0 cm³/mol. The topological polar surface area (TPSA) is 32.3 Å². The van der Waals surface area contributed by atoms with Gasteiger partial charge < -0.3 is 5.32 Å². The van der Waals surface area contributed by atoms with Gasteiger partial charge in [-0.1, -0.05) is 35.3 Å². The Morgan fingerprint density at radius 3 is 2.95 bits per heavy atom. The molecule has 1 aliphatic heterocycles. The van der Waals surface area contributed by atoms with Gasteiger partial charge >= 0.3 is 0 Å². The fourth-order valence-electron chi connectivity index (χ4n) is 2.79. The number of likely N-dealkylation sites (tertiary alicyclic amines) is 1. The molecule has 1 aliphatic rings. The maximum Gasteiger partial charge on any atom is 0.238 e. The number of nitrogens with one attached hydrogen (secondary N) is 1. The monoisotopic (exact) mass is 354 g/mol. The number of hydrogen-bond acceptors (Lipinski definition) is 3. The molecule has 0 radical (unpaired) electrons. The fourth-order valence-corrected chi connectivity index (χ4v) is 4.04. The number of amides is 1. The highest BCUT2D eigenvalue weighted by Gasteiger charge is 2.28. The Balaban J connectivity index is 1.65. The molecule has 0 bridgehead atoms. The number of carbonyl (C=O) groups excluding carboxylic acids is 1. The number of hydrogen-bond donors (Lipinski definition) is 1. The van der Waals surface area contributed by atoms with Gasteiger partial charge in [-0.2, -0.15) is 0 Å². The molecule has 1 aromatic carbocycles. The summed E-state index contributed by atoms with van der Waals surface area (Å²) in [7, 11) is 0. The van der Waals surface area contributed by atoms with Crippen molar-refractivity contribution in [2.45, 2.75) is 18.9 Å². The van der Waals surface area contributed by atoms with Gasteiger partial charge in [0, 0.05) is 10.9 Å². The summed E-state index contributed by atoms with van der Waals surface area (Å²) < 4.78 is 0. The summed E-state index contributed by atoms with van der Waals surface area (Å²) in [6.45, 7) is 1.31. The molecule has 3 nitrogen and oxygen atoms in total. The van der Waals surface area contributed by atoms with Crippen molar-refractivity contribution in [1.82, 2.24) is 4.90 Å². The van der Waals surface area contributed by atoms with Gasteiger partial charge in [0.15, 0.2) is 0 Å². The highest BCUT2D eigenvalue weighted by molar-refractivity contribution is 7.10. The third-order valence-electron chi connectivity index (χ3n) is 3.81. The summed E-state index contributed by atoms with van der Waals surface area (Å²) in [5.41, 5.74) is 0.561. The highest BCUT2D eigenvalue weighted by atomic mass is 35.5. The van der Waals surface area contributed by atoms with E-state index in [1.165, 1.54) is 4.88 Å². The van der Waals surface area contributed by atoms with Gasteiger partial charge in [-0.05, 0) is 43.0 Å². The third kappa shape index (κ3) is 3.46. The van der Waals surface area contributed by atoms with Crippen LogP contribution in [-0.2, 0) is 4.79 Å². The van der Waals surface area contributed by atoms with Crippen molar-refractivity contribution in [2.75, 3.05) is 18.4 Å². The quantitative estimate of drug-likeness (QED) is 0.852. The van der Waals surface area contributed by atoms with E-state index in [9.17, 15) is 4.79 Å². The molecule has 22 heavy (non-hydrogen) atoms. The molecule has 1 fully saturated rings. The molecule has 0 saturated carbocycles. The van der Waals surface area contributed by atoms with Crippen LogP contribution in [0.5, 0.6) is 0 Å². The lowest BCUT2D eigenvalue weighted by Crippen LogP contribution is -2.32. The van der Waals surface area contributed by atoms with Crippen molar-refractivity contribution in [2.24, 2.45) is 0 Å². The zero-order valence-corrected chi connectivity index (χ0v) is 14.2. The summed E-state index contributed by atoms with van der Waals surface area (Å²) in [6.07, 6.45) is 2.22. The molecule has 2 heterocycles. The maximum absolute atomic E-state index is 12.3. The van der Waals surface area contributed by atoms with E-state index in [0.29, 0.717) is 28.3 Å². The zero-order valence-electron chi connectivity index (χ0n) is 11.9. The Kier molecular flexibility index (Phi) is 5.03. The molecule has 1 aromatic heterocycles. The van der Waals surface area contributed by atoms with Crippen LogP contribution < -0.4 is 5.32 Å². The van der Waals surface area contributed by atoms with Crippen molar-refractivity contribution >= 4 is 46.1 Å². The largest absolute Gasteiger partial charge is 0.324 e. The Bertz CT molecular complexity index is 660. The molecule has 0 spiro atoms. The molecular formula is C16H16Cl2N2OS. The van der Waals surface area contributed by atoms with E-state index in [-0.39, 0.29) is 5.91 Å². The van der Waals surface area contributed by atoms with E-state index < -0.39 is 0 Å². The molecular weight excluding hydrogens is 339 g/mol. The van der Waals surface area contributed by atoms with Gasteiger partial charge in [-0.3, -0.25) is 9.69 Å². The summed E-state index contributed by atoms with van der Waals surface area (Å²) in [5, 5.41) is 5.76. The Morgan fingerprint density at radius 1 is 1.32 bits per heavy atom. The number of halogens is 2. The van der Waals surface area contributed by atoms with Crippen LogP contribution in [0.3, 0.4) is 0 Å². The SMILES string of the molecule is O=C(CN1CCCC1c1cccs1)Nc1cccc(Cl)c1Cl. The van der Waals surface area contributed by atoms with Gasteiger partial charge in [0.2, 0.25) is 5.91 Å². The number of benzene rings is 1. The van der Waals surface area contributed by atoms with E-state index in [1.54, 1.807) is 29.5 Å². The minimum absolute atomic E-state index is 0.0624. The molecule has 116 valence electrons. The van der Waals surface area contributed by atoms with E-state index >= 15 is 0 Å². The van der Waals surface area contributed by atoms with Crippen molar-refractivity contribution < 1.29 is 4.79 Å². The molecule has 0 aliphatic carbocycles. The van der Waals surface area contributed by atoms with Crippen LogP contribution in [-0.4, -0.2) is 23.9 Å². The standard InChI is InChI=1S/C16H16Cl2N2OS/c17-11-4-1-5-12(16(11)18)19-15(21)10-20-8-2-6-13(20)14-7-3-9-22-14/h1,3-5,7,9,13H,2,6,8,10H2,(H,19,21). The lowest BCUT2D eigenvalue weighted by molar-refractivity contribution is -0.117. The lowest BCUT2D eigenvalue weighted by Gasteiger charge is -2.23. The fraction of sp³-hybridized carbons (Fsp3) is 0.312. The van der Waals surface area contributed by atoms with Crippen LogP contribution in [0.1, 0.15) is 23.8 Å². The van der Waals surface area contributed by atoms with Gasteiger partial charge in [0.05, 0.1) is 22.3 Å². The van der Waals surface area contributed by atoms with Crippen LogP contribution in [0.2, 0.25) is 10.0 Å². The summed E-state index contributed by atoms with van der Waals surface area (Å²) in [4.78, 5) is 15.8. The zero-order chi connectivity index (χ0) is 15.5. The molecule has 1 atom stereocenters. The molecule has 6 heteroatoms. The molecule has 1 unspecified atom stereocenters. The van der Waals surface area contributed by atoms with Crippen molar-refractivity contribution in [3.63, 3.8) is 0 Å². The minimum atomic E-state index is -0.0624. The minimum Gasteiger partial charge on any atom is -0.324 e. The number of rotatable bonds is 4. The molecule has 1 saturated heterocycles. The Hall–Kier alpha value is -1.07. The van der Waals surface area contributed by atoms with Gasteiger partial charge in [-0.15, -0.1) is 11.3 Å². The van der Waals surface area contributed by atoms with Crippen LogP contribution in [0.4, 0.5) is 5.69 Å². The summed E-state index contributed by atoms with van der Waals surface area (Å²) in [5.74, 6) is -0.0624. The molecule has 1 N–H and O–H groups in total. The Labute approximate surface area is 143 Å². The van der Waals surface area contributed by atoms with Gasteiger partial charge in [0.25, 0.3) is 0 Å². The van der Waals surface area contributed by atoms with Crippen LogP contribution in [0.15, 0.2) is 35.7 Å². The number of nitrogens with zero attached hydrogens (tertiary/aromatic N) is 1. The Morgan fingerprint density at radius 2 is 2.18 bits per heavy atom. The maximum atomic E-state index is 12.3. The van der Waals surface area contributed by atoms with Crippen LogP contribution in [0.25, 0.3) is 0 Å². The molecule has 2 aromatic rings. The average Bonchev–Trinajstić information content (AvgIpc) is 3.14. The molecule has 3 rings (SSSR count). The normalized spacial score (nSPS) is 18.5. The first kappa shape index (κ1) is 15.8. The smallest absolute Gasteiger partial charge is 0.238 e. The summed E-state index contributed by atoms with van der Waals surface area (Å²) >= 11 is 13.8. The number of carbonyl (C=O) groups is 1. The average molecular weight is 355 g/mol. The highest BCUT2D eigenvalue weighted by Crippen LogP contribution is 2.34. The first-order chi connectivity index (χ1) is 10.6. The van der Waals surface area contributed by atoms with Crippen LogP contribution >= 0.6 is 34.5 Å². The number of anilines is 1. The van der Waals surface area contributed by atoms with E-state index in [4.69, 9.17) is 23.2 Å². The van der Waals surface area contributed by atoms with Crippen molar-refractivity contribution in [1.29, 1.82) is 0 Å². The van der Waals surface area contributed by atoms with Gasteiger partial charge in [-0.25, -0.2) is 0 Å². The first-order valence-electron chi connectivity index (χ1n) is 7.16. The number of thiophene rings is 1. The second-order valence-corrected chi connectivity index (χ2v) is 7.06. The van der Waals surface area contributed by atoms with Crippen molar-refractivity contribution in [3.8, 4) is 0 Å².